The van der Waals surface area contributed by atoms with Crippen molar-refractivity contribution < 1.29 is 4.74 Å². The van der Waals surface area contributed by atoms with Crippen LogP contribution < -0.4 is 4.74 Å². The molecule has 3 heteroatoms. The maximum absolute atomic E-state index is 6.03. The highest BCUT2D eigenvalue weighted by molar-refractivity contribution is 7.21. The van der Waals surface area contributed by atoms with Crippen LogP contribution in [0.15, 0.2) is 91.0 Å². The highest BCUT2D eigenvalue weighted by atomic mass is 32.1. The third kappa shape index (κ3) is 3.18. The van der Waals surface area contributed by atoms with Gasteiger partial charge in [-0.2, -0.15) is 0 Å². The van der Waals surface area contributed by atoms with E-state index >= 15 is 0 Å². The van der Waals surface area contributed by atoms with E-state index in [1.54, 1.807) is 11.3 Å². The maximum Gasteiger partial charge on any atom is 0.124 e. The van der Waals surface area contributed by atoms with Gasteiger partial charge in [0.15, 0.2) is 0 Å². The summed E-state index contributed by atoms with van der Waals surface area (Å²) in [6, 6.07) is 31.2. The van der Waals surface area contributed by atoms with E-state index in [1.807, 2.05) is 18.2 Å². The lowest BCUT2D eigenvalue weighted by Crippen LogP contribution is -1.96. The summed E-state index contributed by atoms with van der Waals surface area (Å²) < 4.78 is 7.24. The SMILES string of the molecule is c1ccc2c(COc3ccc(-c4nc5ccccc5s4)cc3)cccc2c1. The Morgan fingerprint density at radius 1 is 0.741 bits per heavy atom. The number of hydrogen-bond donors (Lipinski definition) is 0. The summed E-state index contributed by atoms with van der Waals surface area (Å²) in [6.07, 6.45) is 0. The van der Waals surface area contributed by atoms with Crippen molar-refractivity contribution in [3.05, 3.63) is 96.6 Å². The largest absolute Gasteiger partial charge is 0.489 e. The Kier molecular flexibility index (Phi) is 4.07. The molecule has 27 heavy (non-hydrogen) atoms. The third-order valence-electron chi connectivity index (χ3n) is 4.67. The maximum atomic E-state index is 6.03. The van der Waals surface area contributed by atoms with Gasteiger partial charge in [0.2, 0.25) is 0 Å². The quantitative estimate of drug-likeness (QED) is 0.353. The van der Waals surface area contributed by atoms with Gasteiger partial charge < -0.3 is 4.74 Å². The smallest absolute Gasteiger partial charge is 0.124 e. The van der Waals surface area contributed by atoms with Crippen molar-refractivity contribution >= 4 is 32.3 Å². The van der Waals surface area contributed by atoms with Crippen molar-refractivity contribution in [2.24, 2.45) is 0 Å². The van der Waals surface area contributed by atoms with Crippen molar-refractivity contribution in [2.75, 3.05) is 0 Å². The van der Waals surface area contributed by atoms with Crippen LogP contribution in [0.25, 0.3) is 31.6 Å². The van der Waals surface area contributed by atoms with E-state index in [1.165, 1.54) is 21.0 Å². The molecular formula is C24H17NOS. The van der Waals surface area contributed by atoms with Crippen LogP contribution in [0.1, 0.15) is 5.56 Å². The molecule has 0 aliphatic carbocycles. The lowest BCUT2D eigenvalue weighted by atomic mass is 10.1. The summed E-state index contributed by atoms with van der Waals surface area (Å²) in [4.78, 5) is 4.72. The Morgan fingerprint density at radius 2 is 1.52 bits per heavy atom. The topological polar surface area (TPSA) is 22.1 Å². The van der Waals surface area contributed by atoms with Crippen molar-refractivity contribution in [1.82, 2.24) is 4.98 Å². The number of ether oxygens (including phenoxy) is 1. The predicted molar refractivity (Wildman–Crippen MR) is 113 cm³/mol. The molecule has 0 N–H and O–H groups in total. The lowest BCUT2D eigenvalue weighted by molar-refractivity contribution is 0.308. The van der Waals surface area contributed by atoms with E-state index in [0.29, 0.717) is 6.61 Å². The number of fused-ring (bicyclic) bond motifs is 2. The second kappa shape index (κ2) is 6.86. The number of aromatic nitrogens is 1. The molecule has 5 aromatic rings. The zero-order valence-electron chi connectivity index (χ0n) is 14.6. The molecule has 5 rings (SSSR count). The lowest BCUT2D eigenvalue weighted by Gasteiger charge is -2.09. The van der Waals surface area contributed by atoms with Gasteiger partial charge in [0, 0.05) is 5.56 Å². The van der Waals surface area contributed by atoms with Gasteiger partial charge in [-0.05, 0) is 52.7 Å². The summed E-state index contributed by atoms with van der Waals surface area (Å²) in [5, 5.41) is 3.52. The van der Waals surface area contributed by atoms with Gasteiger partial charge in [0.25, 0.3) is 0 Å². The fourth-order valence-corrected chi connectivity index (χ4v) is 4.24. The van der Waals surface area contributed by atoms with Crippen molar-refractivity contribution in [2.45, 2.75) is 6.61 Å². The van der Waals surface area contributed by atoms with Gasteiger partial charge in [0.05, 0.1) is 10.2 Å². The first-order valence-corrected chi connectivity index (χ1v) is 9.74. The molecule has 130 valence electrons. The van der Waals surface area contributed by atoms with E-state index < -0.39 is 0 Å². The van der Waals surface area contributed by atoms with Crippen LogP contribution in [0.5, 0.6) is 5.75 Å². The average Bonchev–Trinajstić information content (AvgIpc) is 3.17. The molecule has 2 nitrogen and oxygen atoms in total. The van der Waals surface area contributed by atoms with Gasteiger partial charge in [-0.1, -0.05) is 54.6 Å². The zero-order valence-corrected chi connectivity index (χ0v) is 15.4. The molecule has 0 saturated heterocycles. The number of rotatable bonds is 4. The van der Waals surface area contributed by atoms with Crippen LogP contribution in [0.4, 0.5) is 0 Å². The van der Waals surface area contributed by atoms with E-state index in [2.05, 4.69) is 72.8 Å². The molecular weight excluding hydrogens is 350 g/mol. The summed E-state index contributed by atoms with van der Waals surface area (Å²) in [5.74, 6) is 0.868. The average molecular weight is 367 g/mol. The fourth-order valence-electron chi connectivity index (χ4n) is 3.27. The highest BCUT2D eigenvalue weighted by Crippen LogP contribution is 2.31. The molecule has 0 bridgehead atoms. The van der Waals surface area contributed by atoms with E-state index in [4.69, 9.17) is 9.72 Å². The zero-order chi connectivity index (χ0) is 18.1. The molecule has 0 atom stereocenters. The number of para-hydroxylation sites is 1. The Balaban J connectivity index is 1.36. The molecule has 1 heterocycles. The molecule has 0 unspecified atom stereocenters. The number of thiazole rings is 1. The van der Waals surface area contributed by atoms with Crippen molar-refractivity contribution in [3.8, 4) is 16.3 Å². The van der Waals surface area contributed by atoms with Gasteiger partial charge in [-0.25, -0.2) is 4.98 Å². The predicted octanol–water partition coefficient (Wildman–Crippen LogP) is 6.70. The highest BCUT2D eigenvalue weighted by Gasteiger charge is 2.06. The first kappa shape index (κ1) is 16.0. The molecule has 0 aliphatic rings. The monoisotopic (exact) mass is 367 g/mol. The Labute approximate surface area is 161 Å². The minimum absolute atomic E-state index is 0.557. The van der Waals surface area contributed by atoms with Crippen LogP contribution in [0.2, 0.25) is 0 Å². The van der Waals surface area contributed by atoms with Crippen LogP contribution in [-0.4, -0.2) is 4.98 Å². The molecule has 0 saturated carbocycles. The molecule has 1 aromatic heterocycles. The van der Waals surface area contributed by atoms with Gasteiger partial charge in [-0.3, -0.25) is 0 Å². The minimum atomic E-state index is 0.557. The van der Waals surface area contributed by atoms with Crippen LogP contribution >= 0.6 is 11.3 Å². The van der Waals surface area contributed by atoms with E-state index in [-0.39, 0.29) is 0 Å². The summed E-state index contributed by atoms with van der Waals surface area (Å²) >= 11 is 1.72. The Morgan fingerprint density at radius 3 is 2.41 bits per heavy atom. The van der Waals surface area contributed by atoms with Gasteiger partial charge in [-0.15, -0.1) is 11.3 Å². The molecule has 0 aliphatic heterocycles. The number of nitrogens with zero attached hydrogens (tertiary/aromatic N) is 1. The first-order chi connectivity index (χ1) is 13.4. The van der Waals surface area contributed by atoms with E-state index in [9.17, 15) is 0 Å². The molecule has 4 aromatic carbocycles. The molecule has 0 spiro atoms. The van der Waals surface area contributed by atoms with Gasteiger partial charge >= 0.3 is 0 Å². The second-order valence-electron chi connectivity index (χ2n) is 6.44. The molecule has 0 radical (unpaired) electrons. The normalized spacial score (nSPS) is 11.1. The molecule has 0 amide bonds. The van der Waals surface area contributed by atoms with Crippen molar-refractivity contribution in [1.29, 1.82) is 0 Å². The second-order valence-corrected chi connectivity index (χ2v) is 7.47. The first-order valence-electron chi connectivity index (χ1n) is 8.92. The third-order valence-corrected chi connectivity index (χ3v) is 5.75. The molecule has 0 fully saturated rings. The summed E-state index contributed by atoms with van der Waals surface area (Å²) in [7, 11) is 0. The number of hydrogen-bond acceptors (Lipinski definition) is 3. The fraction of sp³-hybridized carbons (Fsp3) is 0.0417. The van der Waals surface area contributed by atoms with Crippen LogP contribution in [0, 0.1) is 0 Å². The Bertz CT molecular complexity index is 1190. The van der Waals surface area contributed by atoms with Crippen LogP contribution in [0.3, 0.4) is 0 Å². The van der Waals surface area contributed by atoms with Crippen LogP contribution in [-0.2, 0) is 6.61 Å². The van der Waals surface area contributed by atoms with Crippen molar-refractivity contribution in [3.63, 3.8) is 0 Å². The summed E-state index contributed by atoms with van der Waals surface area (Å²) in [5.41, 5.74) is 3.37. The summed E-state index contributed by atoms with van der Waals surface area (Å²) in [6.45, 7) is 0.557. The minimum Gasteiger partial charge on any atom is -0.489 e. The Hall–Kier alpha value is -3.17. The van der Waals surface area contributed by atoms with Gasteiger partial charge in [0.1, 0.15) is 17.4 Å². The number of benzene rings is 4. The standard InChI is InChI=1S/C24H17NOS/c1-2-9-21-17(6-1)7-5-8-19(21)16-26-20-14-12-18(13-15-20)24-25-22-10-3-4-11-23(22)27-24/h1-15H,16H2. The van der Waals surface area contributed by atoms with E-state index in [0.717, 1.165) is 21.8 Å².